The number of nitrogens with zero attached hydrogens (tertiary/aromatic N) is 1. The monoisotopic (exact) mass is 311 g/mol. The lowest BCUT2D eigenvalue weighted by molar-refractivity contribution is -0.121. The summed E-state index contributed by atoms with van der Waals surface area (Å²) in [4.78, 5) is 25.1. The second-order valence-corrected chi connectivity index (χ2v) is 4.99. The molecule has 116 valence electrons. The van der Waals surface area contributed by atoms with Crippen LogP contribution in [0, 0.1) is 0 Å². The van der Waals surface area contributed by atoms with Gasteiger partial charge in [-0.25, -0.2) is 0 Å². The van der Waals surface area contributed by atoms with Crippen LogP contribution in [-0.4, -0.2) is 24.9 Å². The van der Waals surface area contributed by atoms with Crippen LogP contribution >= 0.6 is 12.4 Å². The third kappa shape index (κ3) is 5.02. The molecule has 2 amide bonds. The van der Waals surface area contributed by atoms with E-state index in [0.29, 0.717) is 32.4 Å². The van der Waals surface area contributed by atoms with E-state index in [1.807, 2.05) is 24.3 Å². The lowest BCUT2D eigenvalue weighted by atomic mass is 10.2. The quantitative estimate of drug-likeness (QED) is 0.837. The smallest absolute Gasteiger partial charge is 0.227 e. The van der Waals surface area contributed by atoms with Crippen LogP contribution in [0.1, 0.15) is 31.2 Å². The highest BCUT2D eigenvalue weighted by molar-refractivity contribution is 5.95. The van der Waals surface area contributed by atoms with Crippen LogP contribution in [0.15, 0.2) is 24.3 Å². The summed E-state index contributed by atoms with van der Waals surface area (Å²) in [6.07, 6.45) is 2.70. The van der Waals surface area contributed by atoms with Crippen LogP contribution in [0.3, 0.4) is 0 Å². The van der Waals surface area contributed by atoms with E-state index in [1.54, 1.807) is 4.90 Å². The van der Waals surface area contributed by atoms with Crippen molar-refractivity contribution in [2.75, 3.05) is 18.0 Å². The summed E-state index contributed by atoms with van der Waals surface area (Å²) in [6.45, 7) is 1.80. The minimum absolute atomic E-state index is 0. The van der Waals surface area contributed by atoms with E-state index < -0.39 is 0 Å². The van der Waals surface area contributed by atoms with Crippen LogP contribution in [0.25, 0.3) is 0 Å². The summed E-state index contributed by atoms with van der Waals surface area (Å²) in [6, 6.07) is 7.77. The fourth-order valence-electron chi connectivity index (χ4n) is 2.31. The number of nitrogens with two attached hydrogens (primary N) is 1. The summed E-state index contributed by atoms with van der Waals surface area (Å²) in [7, 11) is 0. The van der Waals surface area contributed by atoms with Crippen molar-refractivity contribution in [2.45, 2.75) is 32.2 Å². The Bertz CT molecular complexity index is 494. The van der Waals surface area contributed by atoms with Gasteiger partial charge in [0.2, 0.25) is 11.8 Å². The highest BCUT2D eigenvalue weighted by atomic mass is 35.5. The summed E-state index contributed by atoms with van der Waals surface area (Å²) in [5.74, 6) is 0.187. The van der Waals surface area contributed by atoms with Gasteiger partial charge in [0.15, 0.2) is 0 Å². The minimum Gasteiger partial charge on any atom is -0.352 e. The number of anilines is 1. The number of halogens is 1. The Kier molecular flexibility index (Phi) is 7.19. The zero-order valence-electron chi connectivity index (χ0n) is 12.0. The van der Waals surface area contributed by atoms with Crippen LogP contribution in [0.4, 0.5) is 5.69 Å². The van der Waals surface area contributed by atoms with E-state index in [2.05, 4.69) is 5.32 Å². The Morgan fingerprint density at radius 1 is 1.38 bits per heavy atom. The molecule has 1 aliphatic rings. The number of carbonyl (C=O) groups excluding carboxylic acids is 2. The predicted molar refractivity (Wildman–Crippen MR) is 85.4 cm³/mol. The molecule has 1 saturated heterocycles. The summed E-state index contributed by atoms with van der Waals surface area (Å²) >= 11 is 0. The van der Waals surface area contributed by atoms with E-state index in [-0.39, 0.29) is 24.2 Å². The Balaban J connectivity index is 0.00000220. The number of amides is 2. The van der Waals surface area contributed by atoms with Crippen molar-refractivity contribution < 1.29 is 9.59 Å². The van der Waals surface area contributed by atoms with Crippen molar-refractivity contribution in [2.24, 2.45) is 5.73 Å². The van der Waals surface area contributed by atoms with Crippen LogP contribution in [0.2, 0.25) is 0 Å². The Morgan fingerprint density at radius 3 is 2.86 bits per heavy atom. The van der Waals surface area contributed by atoms with Gasteiger partial charge in [0.1, 0.15) is 0 Å². The zero-order valence-corrected chi connectivity index (χ0v) is 12.8. The second-order valence-electron chi connectivity index (χ2n) is 4.99. The van der Waals surface area contributed by atoms with Gasteiger partial charge in [-0.2, -0.15) is 0 Å². The van der Waals surface area contributed by atoms with Gasteiger partial charge in [-0.05, 0) is 37.1 Å². The molecule has 1 heterocycles. The largest absolute Gasteiger partial charge is 0.352 e. The van der Waals surface area contributed by atoms with E-state index in [0.717, 1.165) is 24.2 Å². The molecule has 1 aromatic rings. The first-order valence-electron chi connectivity index (χ1n) is 7.07. The normalized spacial score (nSPS) is 14.0. The lowest BCUT2D eigenvalue weighted by Gasteiger charge is -2.16. The summed E-state index contributed by atoms with van der Waals surface area (Å²) in [5, 5.41) is 2.86. The van der Waals surface area contributed by atoms with Crippen LogP contribution in [0.5, 0.6) is 0 Å². The fraction of sp³-hybridized carbons (Fsp3) is 0.467. The van der Waals surface area contributed by atoms with Crippen molar-refractivity contribution in [3.63, 3.8) is 0 Å². The highest BCUT2D eigenvalue weighted by Crippen LogP contribution is 2.22. The molecule has 0 bridgehead atoms. The number of nitrogens with one attached hydrogen (secondary N) is 1. The molecule has 21 heavy (non-hydrogen) atoms. The Morgan fingerprint density at radius 2 is 2.19 bits per heavy atom. The molecule has 0 spiro atoms. The third-order valence-electron chi connectivity index (χ3n) is 3.39. The van der Waals surface area contributed by atoms with Gasteiger partial charge in [0, 0.05) is 31.6 Å². The number of hydrogen-bond donors (Lipinski definition) is 2. The highest BCUT2D eigenvalue weighted by Gasteiger charge is 2.21. The first-order valence-corrected chi connectivity index (χ1v) is 7.07. The molecule has 0 atom stereocenters. The molecule has 0 aliphatic carbocycles. The number of carbonyl (C=O) groups is 2. The topological polar surface area (TPSA) is 75.4 Å². The van der Waals surface area contributed by atoms with Gasteiger partial charge >= 0.3 is 0 Å². The molecule has 0 unspecified atom stereocenters. The molecule has 1 fully saturated rings. The molecular weight excluding hydrogens is 290 g/mol. The molecule has 0 saturated carbocycles. The SMILES string of the molecule is Cl.NCCCC(=O)NCc1cccc(N2CCCC2=O)c1. The molecule has 3 N–H and O–H groups in total. The molecular formula is C15H22ClN3O2. The maximum atomic E-state index is 11.7. The standard InChI is InChI=1S/C15H21N3O2.ClH/c16-8-2-6-14(19)17-11-12-4-1-5-13(10-12)18-9-3-7-15(18)20;/h1,4-5,10H,2-3,6-9,11,16H2,(H,17,19);1H. The Hall–Kier alpha value is -1.59. The van der Waals surface area contributed by atoms with E-state index in [9.17, 15) is 9.59 Å². The first kappa shape index (κ1) is 17.5. The van der Waals surface area contributed by atoms with Crippen molar-refractivity contribution in [1.29, 1.82) is 0 Å². The minimum atomic E-state index is 0. The average Bonchev–Trinajstić information content (AvgIpc) is 2.89. The zero-order chi connectivity index (χ0) is 14.4. The number of rotatable bonds is 6. The van der Waals surface area contributed by atoms with Gasteiger partial charge < -0.3 is 16.0 Å². The maximum absolute atomic E-state index is 11.7. The van der Waals surface area contributed by atoms with Crippen LogP contribution < -0.4 is 16.0 Å². The molecule has 0 aromatic heterocycles. The van der Waals surface area contributed by atoms with Gasteiger partial charge in [0.05, 0.1) is 0 Å². The van der Waals surface area contributed by atoms with E-state index >= 15 is 0 Å². The molecule has 5 nitrogen and oxygen atoms in total. The van der Waals surface area contributed by atoms with Crippen molar-refractivity contribution in [3.8, 4) is 0 Å². The molecule has 2 rings (SSSR count). The van der Waals surface area contributed by atoms with Crippen molar-refractivity contribution >= 4 is 29.9 Å². The molecule has 1 aliphatic heterocycles. The van der Waals surface area contributed by atoms with Gasteiger partial charge in [-0.1, -0.05) is 12.1 Å². The maximum Gasteiger partial charge on any atom is 0.227 e. The van der Waals surface area contributed by atoms with Gasteiger partial charge in [-0.15, -0.1) is 12.4 Å². The second kappa shape index (κ2) is 8.64. The van der Waals surface area contributed by atoms with E-state index in [4.69, 9.17) is 5.73 Å². The van der Waals surface area contributed by atoms with E-state index in [1.165, 1.54) is 0 Å². The third-order valence-corrected chi connectivity index (χ3v) is 3.39. The average molecular weight is 312 g/mol. The predicted octanol–water partition coefficient (Wildman–Crippen LogP) is 1.59. The van der Waals surface area contributed by atoms with Gasteiger partial charge in [0.25, 0.3) is 0 Å². The van der Waals surface area contributed by atoms with Crippen molar-refractivity contribution in [3.05, 3.63) is 29.8 Å². The molecule has 0 radical (unpaired) electrons. The first-order chi connectivity index (χ1) is 9.70. The summed E-state index contributed by atoms with van der Waals surface area (Å²) in [5.41, 5.74) is 7.29. The fourth-order valence-corrected chi connectivity index (χ4v) is 2.31. The molecule has 6 heteroatoms. The molecule has 1 aromatic carbocycles. The number of hydrogen-bond acceptors (Lipinski definition) is 3. The Labute approximate surface area is 131 Å². The summed E-state index contributed by atoms with van der Waals surface area (Å²) < 4.78 is 0. The van der Waals surface area contributed by atoms with Gasteiger partial charge in [-0.3, -0.25) is 9.59 Å². The van der Waals surface area contributed by atoms with Crippen molar-refractivity contribution in [1.82, 2.24) is 5.32 Å². The number of benzene rings is 1. The lowest BCUT2D eigenvalue weighted by Crippen LogP contribution is -2.25. The van der Waals surface area contributed by atoms with Crippen LogP contribution in [-0.2, 0) is 16.1 Å².